The van der Waals surface area contributed by atoms with Gasteiger partial charge in [0.1, 0.15) is 11.5 Å². The summed E-state index contributed by atoms with van der Waals surface area (Å²) in [5.41, 5.74) is 11.6. The Morgan fingerprint density at radius 2 is 1.82 bits per heavy atom. The molecule has 0 fully saturated rings. The number of hydrogen-bond acceptors (Lipinski definition) is 7. The number of ether oxygens (including phenoxy) is 1. The highest BCUT2D eigenvalue weighted by molar-refractivity contribution is 7.96. The molecule has 0 spiro atoms. The molecule has 1 unspecified atom stereocenters. The van der Waals surface area contributed by atoms with E-state index < -0.39 is 0 Å². The van der Waals surface area contributed by atoms with Crippen LogP contribution in [0.25, 0.3) is 0 Å². The SMILES string of the molecule is COC1=CC=C2NC(C)=CC(=Nc3ccc(N(C)SOc4ccc(N)cc4)cc3)CC2C=C1.S. The molecular formula is C26H30N4O2S2. The molecule has 1 heterocycles. The van der Waals surface area contributed by atoms with Crippen LogP contribution in [-0.2, 0) is 4.74 Å². The lowest BCUT2D eigenvalue weighted by Crippen LogP contribution is -2.15. The van der Waals surface area contributed by atoms with Gasteiger partial charge in [-0.1, -0.05) is 6.08 Å². The number of fused-ring (bicyclic) bond motifs is 1. The molecule has 0 saturated heterocycles. The highest BCUT2D eigenvalue weighted by Gasteiger charge is 2.19. The number of nitrogens with two attached hydrogens (primary N) is 1. The van der Waals surface area contributed by atoms with E-state index >= 15 is 0 Å². The third kappa shape index (κ3) is 6.65. The third-order valence-corrected chi connectivity index (χ3v) is 6.02. The molecule has 34 heavy (non-hydrogen) atoms. The molecule has 2 aliphatic rings. The molecule has 0 aromatic heterocycles. The van der Waals surface area contributed by atoms with Gasteiger partial charge < -0.3 is 20.0 Å². The van der Waals surface area contributed by atoms with Crippen molar-refractivity contribution in [1.29, 1.82) is 0 Å². The predicted molar refractivity (Wildman–Crippen MR) is 149 cm³/mol. The summed E-state index contributed by atoms with van der Waals surface area (Å²) in [5.74, 6) is 1.81. The summed E-state index contributed by atoms with van der Waals surface area (Å²) in [4.78, 5) is 4.91. The number of nitrogens with zero attached hydrogens (tertiary/aromatic N) is 2. The molecule has 4 rings (SSSR count). The van der Waals surface area contributed by atoms with Gasteiger partial charge in [-0.05, 0) is 79.8 Å². The first-order valence-corrected chi connectivity index (χ1v) is 11.4. The normalized spacial score (nSPS) is 18.1. The topological polar surface area (TPSA) is 72.1 Å². The van der Waals surface area contributed by atoms with Gasteiger partial charge in [0.05, 0.1) is 12.8 Å². The summed E-state index contributed by atoms with van der Waals surface area (Å²) in [5, 5.41) is 3.50. The molecular weight excluding hydrogens is 464 g/mol. The number of allylic oxidation sites excluding steroid dienone is 6. The van der Waals surface area contributed by atoms with Crippen LogP contribution < -0.4 is 19.5 Å². The number of nitrogen functional groups attached to an aromatic ring is 1. The second-order valence-electron chi connectivity index (χ2n) is 7.86. The van der Waals surface area contributed by atoms with E-state index in [9.17, 15) is 0 Å². The van der Waals surface area contributed by atoms with Gasteiger partial charge in [0.25, 0.3) is 0 Å². The monoisotopic (exact) mass is 494 g/mol. The van der Waals surface area contributed by atoms with E-state index in [0.29, 0.717) is 5.69 Å². The van der Waals surface area contributed by atoms with Crippen LogP contribution in [0.4, 0.5) is 17.1 Å². The summed E-state index contributed by atoms with van der Waals surface area (Å²) in [7, 11) is 3.64. The maximum atomic E-state index is 5.75. The molecule has 0 saturated carbocycles. The number of hydrogen-bond donors (Lipinski definition) is 2. The molecule has 0 amide bonds. The largest absolute Gasteiger partial charge is 0.497 e. The van der Waals surface area contributed by atoms with Crippen molar-refractivity contribution >= 4 is 48.5 Å². The second-order valence-corrected chi connectivity index (χ2v) is 8.72. The van der Waals surface area contributed by atoms with Gasteiger partial charge in [-0.2, -0.15) is 13.5 Å². The summed E-state index contributed by atoms with van der Waals surface area (Å²) in [6.07, 6.45) is 11.2. The smallest absolute Gasteiger partial charge is 0.179 e. The zero-order chi connectivity index (χ0) is 23.2. The number of nitrogens with one attached hydrogen (secondary N) is 1. The Morgan fingerprint density at radius 3 is 2.53 bits per heavy atom. The van der Waals surface area contributed by atoms with Crippen molar-refractivity contribution in [2.75, 3.05) is 24.2 Å². The predicted octanol–water partition coefficient (Wildman–Crippen LogP) is 6.03. The zero-order valence-corrected chi connectivity index (χ0v) is 21.3. The van der Waals surface area contributed by atoms with Crippen molar-refractivity contribution in [3.63, 3.8) is 0 Å². The van der Waals surface area contributed by atoms with Crippen LogP contribution in [0.15, 0.2) is 101 Å². The lowest BCUT2D eigenvalue weighted by atomic mass is 9.98. The van der Waals surface area contributed by atoms with E-state index in [2.05, 4.69) is 30.5 Å². The Balaban J connectivity index is 0.00000324. The molecule has 3 N–H and O–H groups in total. The quantitative estimate of drug-likeness (QED) is 0.290. The first-order chi connectivity index (χ1) is 16.0. The molecule has 2 aromatic carbocycles. The van der Waals surface area contributed by atoms with E-state index in [1.54, 1.807) is 7.11 Å². The lowest BCUT2D eigenvalue weighted by Gasteiger charge is -2.17. The standard InChI is InChI=1S/C26H28N4O2S.H2S/c1-18-16-22(17-19-4-11-24(31-3)14-15-26(19)28-18)29-21-7-9-23(10-8-21)30(2)33-32-25-12-5-20(27)6-13-25;/h4-16,19,28H,17,27H2,1-3H3;1H2. The van der Waals surface area contributed by atoms with Crippen LogP contribution in [0.5, 0.6) is 5.75 Å². The molecule has 2 aromatic rings. The minimum Gasteiger partial charge on any atom is -0.497 e. The number of methoxy groups -OCH3 is 1. The molecule has 1 aliphatic carbocycles. The first kappa shape index (κ1) is 25.4. The van der Waals surface area contributed by atoms with E-state index in [-0.39, 0.29) is 19.4 Å². The highest BCUT2D eigenvalue weighted by atomic mass is 32.2. The fourth-order valence-corrected chi connectivity index (χ4v) is 4.08. The number of rotatable bonds is 6. The maximum absolute atomic E-state index is 5.75. The fourth-order valence-electron chi connectivity index (χ4n) is 3.56. The molecule has 1 atom stereocenters. The molecule has 6 nitrogen and oxygen atoms in total. The number of anilines is 2. The zero-order valence-electron chi connectivity index (χ0n) is 19.5. The van der Waals surface area contributed by atoms with Crippen molar-refractivity contribution in [3.8, 4) is 5.75 Å². The Hall–Kier alpha value is -3.23. The lowest BCUT2D eigenvalue weighted by molar-refractivity contribution is 0.307. The van der Waals surface area contributed by atoms with E-state index in [4.69, 9.17) is 19.6 Å². The van der Waals surface area contributed by atoms with E-state index in [1.165, 1.54) is 12.2 Å². The van der Waals surface area contributed by atoms with Crippen molar-refractivity contribution in [2.45, 2.75) is 13.3 Å². The van der Waals surface area contributed by atoms with Crippen molar-refractivity contribution in [1.82, 2.24) is 5.32 Å². The fraction of sp³-hybridized carbons (Fsp3) is 0.192. The van der Waals surface area contributed by atoms with E-state index in [0.717, 1.165) is 46.4 Å². The molecule has 8 heteroatoms. The second kappa shape index (κ2) is 11.8. The summed E-state index contributed by atoms with van der Waals surface area (Å²) < 4.78 is 13.1. The highest BCUT2D eigenvalue weighted by Crippen LogP contribution is 2.29. The maximum Gasteiger partial charge on any atom is 0.179 e. The first-order valence-electron chi connectivity index (χ1n) is 10.7. The molecule has 0 bridgehead atoms. The van der Waals surface area contributed by atoms with Gasteiger partial charge in [0.15, 0.2) is 12.2 Å². The van der Waals surface area contributed by atoms with Crippen molar-refractivity contribution in [2.24, 2.45) is 10.9 Å². The van der Waals surface area contributed by atoms with Crippen LogP contribution in [0, 0.1) is 5.92 Å². The van der Waals surface area contributed by atoms with Crippen LogP contribution in [0.1, 0.15) is 13.3 Å². The molecule has 1 aliphatic heterocycles. The number of benzene rings is 2. The Bertz CT molecular complexity index is 1140. The van der Waals surface area contributed by atoms with Crippen LogP contribution in [-0.4, -0.2) is 19.9 Å². The van der Waals surface area contributed by atoms with E-state index in [1.807, 2.05) is 72.0 Å². The van der Waals surface area contributed by atoms with Gasteiger partial charge in [-0.25, -0.2) is 0 Å². The average Bonchev–Trinajstić information content (AvgIpc) is 3.09. The third-order valence-electron chi connectivity index (χ3n) is 5.32. The minimum absolute atomic E-state index is 0. The van der Waals surface area contributed by atoms with Gasteiger partial charge in [-0.15, -0.1) is 0 Å². The summed E-state index contributed by atoms with van der Waals surface area (Å²) in [6.45, 7) is 2.06. The van der Waals surface area contributed by atoms with Crippen molar-refractivity contribution < 1.29 is 8.92 Å². The van der Waals surface area contributed by atoms with Gasteiger partial charge >= 0.3 is 0 Å². The van der Waals surface area contributed by atoms with Gasteiger partial charge in [0, 0.05) is 47.9 Å². The number of aliphatic imine (C=N–C) groups is 1. The molecule has 0 radical (unpaired) electrons. The van der Waals surface area contributed by atoms with Gasteiger partial charge in [0.2, 0.25) is 0 Å². The Morgan fingerprint density at radius 1 is 1.09 bits per heavy atom. The Labute approximate surface area is 212 Å². The molecule has 178 valence electrons. The van der Waals surface area contributed by atoms with Gasteiger partial charge in [-0.3, -0.25) is 9.30 Å². The van der Waals surface area contributed by atoms with Crippen LogP contribution in [0.3, 0.4) is 0 Å². The van der Waals surface area contributed by atoms with Crippen molar-refractivity contribution in [3.05, 3.63) is 96.1 Å². The summed E-state index contributed by atoms with van der Waals surface area (Å²) in [6, 6.07) is 15.5. The van der Waals surface area contributed by atoms with Crippen LogP contribution >= 0.6 is 25.7 Å². The van der Waals surface area contributed by atoms with Crippen LogP contribution in [0.2, 0.25) is 0 Å². The summed E-state index contributed by atoms with van der Waals surface area (Å²) >= 11 is 1.26. The Kier molecular flexibility index (Phi) is 8.79. The minimum atomic E-state index is 0. The average molecular weight is 495 g/mol.